The van der Waals surface area contributed by atoms with E-state index in [4.69, 9.17) is 5.73 Å². The smallest absolute Gasteiger partial charge is 0.321 e. The molecule has 3 amide bonds. The molecule has 4 rings (SSSR count). The quantitative estimate of drug-likeness (QED) is 0.635. The first kappa shape index (κ1) is 23.8. The van der Waals surface area contributed by atoms with Crippen LogP contribution in [0.2, 0.25) is 0 Å². The number of likely N-dealkylation sites (tertiary alicyclic amines) is 1. The Kier molecular flexibility index (Phi) is 6.35. The van der Waals surface area contributed by atoms with Crippen LogP contribution in [0.25, 0.3) is 0 Å². The van der Waals surface area contributed by atoms with Gasteiger partial charge < -0.3 is 10.8 Å². The fraction of sp³-hybridized carbons (Fsp3) is 0.680. The number of amides is 3. The standard InChI is InChI=1S/C25H36N4O4/c1-4-29(23(26)31)22(30)19-9-10-25(32)17(3)28(15-18-6-7-18)12-11-24(25,14-19)21-13-20(27-33)8-5-16(21)2/h5,8,13,17-19,32H,4,6-7,9-12,14-15H2,1-3H3,(H2,26,31). The lowest BCUT2D eigenvalue weighted by Crippen LogP contribution is -2.70. The van der Waals surface area contributed by atoms with E-state index in [0.29, 0.717) is 37.3 Å². The number of rotatable bonds is 6. The van der Waals surface area contributed by atoms with E-state index >= 15 is 0 Å². The number of imide groups is 1. The second-order valence-corrected chi connectivity index (χ2v) is 10.3. The normalized spacial score (nSPS) is 32.1. The number of fused-ring (bicyclic) bond motifs is 1. The predicted molar refractivity (Wildman–Crippen MR) is 126 cm³/mol. The third kappa shape index (κ3) is 3.97. The van der Waals surface area contributed by atoms with E-state index in [0.717, 1.165) is 29.1 Å². The molecule has 0 spiro atoms. The van der Waals surface area contributed by atoms with Gasteiger partial charge in [-0.3, -0.25) is 14.6 Å². The first-order valence-corrected chi connectivity index (χ1v) is 12.2. The summed E-state index contributed by atoms with van der Waals surface area (Å²) in [5.74, 6) is 0.00781. The van der Waals surface area contributed by atoms with Crippen molar-refractivity contribution in [3.8, 4) is 0 Å². The van der Waals surface area contributed by atoms with Crippen molar-refractivity contribution in [1.29, 1.82) is 0 Å². The van der Waals surface area contributed by atoms with Crippen LogP contribution in [-0.2, 0) is 10.2 Å². The van der Waals surface area contributed by atoms with Crippen molar-refractivity contribution in [2.24, 2.45) is 22.7 Å². The Hall–Kier alpha value is -2.32. The molecular formula is C25H36N4O4. The molecule has 1 aromatic rings. The molecule has 33 heavy (non-hydrogen) atoms. The highest BCUT2D eigenvalue weighted by Crippen LogP contribution is 2.57. The van der Waals surface area contributed by atoms with Gasteiger partial charge in [0.05, 0.1) is 5.60 Å². The molecule has 1 aromatic carbocycles. The Balaban J connectivity index is 1.77. The number of nitrogens with zero attached hydrogens (tertiary/aromatic N) is 3. The average molecular weight is 457 g/mol. The molecule has 2 aliphatic carbocycles. The summed E-state index contributed by atoms with van der Waals surface area (Å²) in [4.78, 5) is 40.1. The van der Waals surface area contributed by atoms with Crippen molar-refractivity contribution < 1.29 is 14.7 Å². The molecule has 8 nitrogen and oxygen atoms in total. The highest BCUT2D eigenvalue weighted by molar-refractivity contribution is 5.95. The van der Waals surface area contributed by atoms with E-state index in [2.05, 4.69) is 17.0 Å². The van der Waals surface area contributed by atoms with Crippen LogP contribution < -0.4 is 5.73 Å². The fourth-order valence-electron chi connectivity index (χ4n) is 6.48. The molecule has 0 aromatic heterocycles. The minimum Gasteiger partial charge on any atom is -0.387 e. The van der Waals surface area contributed by atoms with E-state index < -0.39 is 23.0 Å². The molecule has 3 aliphatic rings. The fourth-order valence-corrected chi connectivity index (χ4v) is 6.48. The minimum atomic E-state index is -1.06. The van der Waals surface area contributed by atoms with Gasteiger partial charge in [0, 0.05) is 30.5 Å². The summed E-state index contributed by atoms with van der Waals surface area (Å²) in [6, 6.07) is 4.51. The number of carbonyl (C=O) groups excluding carboxylic acids is 2. The van der Waals surface area contributed by atoms with Gasteiger partial charge in [0.15, 0.2) is 0 Å². The summed E-state index contributed by atoms with van der Waals surface area (Å²) in [5, 5.41) is 15.5. The Bertz CT molecular complexity index is 948. The Morgan fingerprint density at radius 3 is 2.61 bits per heavy atom. The number of carbonyl (C=O) groups is 2. The number of nitrogens with two attached hydrogens (primary N) is 1. The second kappa shape index (κ2) is 8.80. The zero-order valence-corrected chi connectivity index (χ0v) is 19.9. The van der Waals surface area contributed by atoms with Crippen LogP contribution >= 0.6 is 0 Å². The lowest BCUT2D eigenvalue weighted by molar-refractivity contribution is -0.170. The summed E-state index contributed by atoms with van der Waals surface area (Å²) < 4.78 is 0. The van der Waals surface area contributed by atoms with Gasteiger partial charge in [-0.1, -0.05) is 6.07 Å². The molecule has 1 aliphatic heterocycles. The van der Waals surface area contributed by atoms with Gasteiger partial charge in [0.2, 0.25) is 5.91 Å². The number of hydrogen-bond donors (Lipinski definition) is 2. The predicted octanol–water partition coefficient (Wildman–Crippen LogP) is 3.59. The van der Waals surface area contributed by atoms with Gasteiger partial charge in [-0.05, 0) is 100 Å². The first-order chi connectivity index (χ1) is 15.7. The van der Waals surface area contributed by atoms with Crippen molar-refractivity contribution in [3.63, 3.8) is 0 Å². The SMILES string of the molecule is CCN(C(N)=O)C(=O)C1CCC2(O)C(C)N(CC3CC3)CCC2(c2cc(N=O)ccc2C)C1. The highest BCUT2D eigenvalue weighted by atomic mass is 16.3. The molecule has 3 N–H and O–H groups in total. The molecule has 1 saturated heterocycles. The van der Waals surface area contributed by atoms with E-state index in [-0.39, 0.29) is 18.5 Å². The van der Waals surface area contributed by atoms with Crippen LogP contribution in [-0.4, -0.2) is 58.1 Å². The summed E-state index contributed by atoms with van der Waals surface area (Å²) in [7, 11) is 0. The summed E-state index contributed by atoms with van der Waals surface area (Å²) in [6.07, 6.45) is 4.52. The molecule has 2 saturated carbocycles. The second-order valence-electron chi connectivity index (χ2n) is 10.3. The van der Waals surface area contributed by atoms with Crippen LogP contribution in [0.3, 0.4) is 0 Å². The number of aryl methyl sites for hydroxylation is 1. The number of hydrogen-bond acceptors (Lipinski definition) is 6. The van der Waals surface area contributed by atoms with Crippen molar-refractivity contribution in [3.05, 3.63) is 34.2 Å². The third-order valence-corrected chi connectivity index (χ3v) is 8.59. The van der Waals surface area contributed by atoms with Crippen LogP contribution in [0.15, 0.2) is 23.4 Å². The number of urea groups is 1. The maximum atomic E-state index is 13.3. The largest absolute Gasteiger partial charge is 0.387 e. The minimum absolute atomic E-state index is 0.0893. The van der Waals surface area contributed by atoms with Gasteiger partial charge in [-0.15, -0.1) is 4.91 Å². The molecule has 4 unspecified atom stereocenters. The number of primary amides is 1. The lowest BCUT2D eigenvalue weighted by Gasteiger charge is -2.61. The molecule has 1 heterocycles. The zero-order valence-electron chi connectivity index (χ0n) is 19.9. The van der Waals surface area contributed by atoms with Crippen LogP contribution in [0.4, 0.5) is 10.5 Å². The molecular weight excluding hydrogens is 420 g/mol. The van der Waals surface area contributed by atoms with Gasteiger partial charge >= 0.3 is 6.03 Å². The van der Waals surface area contributed by atoms with Gasteiger partial charge in [0.25, 0.3) is 0 Å². The van der Waals surface area contributed by atoms with E-state index in [1.54, 1.807) is 19.1 Å². The van der Waals surface area contributed by atoms with E-state index in [9.17, 15) is 19.6 Å². The number of nitroso groups, excluding NO2 is 1. The zero-order chi connectivity index (χ0) is 24.0. The van der Waals surface area contributed by atoms with E-state index in [1.807, 2.05) is 13.0 Å². The molecule has 3 fully saturated rings. The molecule has 4 atom stereocenters. The summed E-state index contributed by atoms with van der Waals surface area (Å²) in [5.41, 5.74) is 5.88. The molecule has 0 bridgehead atoms. The monoisotopic (exact) mass is 456 g/mol. The lowest BCUT2D eigenvalue weighted by atomic mass is 9.51. The summed E-state index contributed by atoms with van der Waals surface area (Å²) in [6.45, 7) is 7.83. The highest BCUT2D eigenvalue weighted by Gasteiger charge is 2.62. The van der Waals surface area contributed by atoms with Gasteiger partial charge in [0.1, 0.15) is 5.69 Å². The van der Waals surface area contributed by atoms with Crippen molar-refractivity contribution in [2.45, 2.75) is 76.4 Å². The van der Waals surface area contributed by atoms with E-state index in [1.165, 1.54) is 12.8 Å². The van der Waals surface area contributed by atoms with Crippen molar-refractivity contribution in [1.82, 2.24) is 9.80 Å². The van der Waals surface area contributed by atoms with Crippen molar-refractivity contribution in [2.75, 3.05) is 19.6 Å². The Morgan fingerprint density at radius 2 is 2.00 bits per heavy atom. The van der Waals surface area contributed by atoms with Gasteiger partial charge in [-0.25, -0.2) is 4.79 Å². The number of benzene rings is 1. The molecule has 0 radical (unpaired) electrons. The maximum Gasteiger partial charge on any atom is 0.321 e. The number of aliphatic hydroxyl groups is 1. The summed E-state index contributed by atoms with van der Waals surface area (Å²) >= 11 is 0. The number of piperidine rings is 1. The third-order valence-electron chi connectivity index (χ3n) is 8.59. The van der Waals surface area contributed by atoms with Crippen LogP contribution in [0, 0.1) is 23.7 Å². The Labute approximate surface area is 195 Å². The average Bonchev–Trinajstić information content (AvgIpc) is 3.61. The van der Waals surface area contributed by atoms with Gasteiger partial charge in [-0.2, -0.15) is 0 Å². The first-order valence-electron chi connectivity index (χ1n) is 12.2. The van der Waals surface area contributed by atoms with Crippen LogP contribution in [0.5, 0.6) is 0 Å². The molecule has 8 heteroatoms. The Morgan fingerprint density at radius 1 is 1.27 bits per heavy atom. The topological polar surface area (TPSA) is 116 Å². The van der Waals surface area contributed by atoms with Crippen molar-refractivity contribution >= 4 is 17.6 Å². The van der Waals surface area contributed by atoms with Crippen LogP contribution in [0.1, 0.15) is 63.5 Å². The maximum absolute atomic E-state index is 13.3. The molecule has 180 valence electrons.